The van der Waals surface area contributed by atoms with Crippen LogP contribution in [-0.2, 0) is 9.47 Å². The Morgan fingerprint density at radius 3 is 3.06 bits per heavy atom. The number of carbonyl (C=O) groups is 1. The summed E-state index contributed by atoms with van der Waals surface area (Å²) in [6, 6.07) is 5.37. The number of halogens is 1. The van der Waals surface area contributed by atoms with E-state index >= 15 is 0 Å². The number of aldehydes is 1. The first-order valence-electron chi connectivity index (χ1n) is 4.73. The molecule has 0 radical (unpaired) electrons. The molecule has 16 heavy (non-hydrogen) atoms. The van der Waals surface area contributed by atoms with Gasteiger partial charge in [0.25, 0.3) is 0 Å². The summed E-state index contributed by atoms with van der Waals surface area (Å²) in [6.07, 6.45) is 0.468. The highest BCUT2D eigenvalue weighted by atomic mass is 79.9. The second kappa shape index (κ2) is 4.76. The molecule has 0 N–H and O–H groups in total. The normalized spacial score (nSPS) is 19.1. The third-order valence-corrected chi connectivity index (χ3v) is 2.98. The van der Waals surface area contributed by atoms with Gasteiger partial charge < -0.3 is 9.47 Å². The van der Waals surface area contributed by atoms with Gasteiger partial charge in [-0.1, -0.05) is 15.9 Å². The van der Waals surface area contributed by atoms with Crippen LogP contribution in [0, 0.1) is 0 Å². The van der Waals surface area contributed by atoms with Crippen LogP contribution >= 0.6 is 15.9 Å². The second-order valence-electron chi connectivity index (χ2n) is 3.28. The molecule has 1 heterocycles. The molecule has 0 aliphatic carbocycles. The highest BCUT2D eigenvalue weighted by Gasteiger charge is 2.20. The third kappa shape index (κ3) is 2.15. The molecule has 4 nitrogen and oxygen atoms in total. The lowest BCUT2D eigenvalue weighted by Crippen LogP contribution is -2.15. The van der Waals surface area contributed by atoms with Crippen LogP contribution in [0.3, 0.4) is 0 Å². The average Bonchev–Trinajstić information content (AvgIpc) is 2.78. The molecule has 0 spiro atoms. The Balaban J connectivity index is 2.25. The van der Waals surface area contributed by atoms with Gasteiger partial charge in [-0.25, -0.2) is 4.99 Å². The zero-order chi connectivity index (χ0) is 11.5. The Hall–Kier alpha value is -1.20. The number of hydrogen-bond donors (Lipinski definition) is 0. The van der Waals surface area contributed by atoms with E-state index in [0.29, 0.717) is 18.0 Å². The highest BCUT2D eigenvalue weighted by Crippen LogP contribution is 2.19. The van der Waals surface area contributed by atoms with E-state index in [1.54, 1.807) is 19.2 Å². The lowest BCUT2D eigenvalue weighted by atomic mass is 10.1. The average molecular weight is 284 g/mol. The maximum Gasteiger partial charge on any atom is 0.221 e. The van der Waals surface area contributed by atoms with Gasteiger partial charge in [0, 0.05) is 22.7 Å². The molecule has 1 aliphatic heterocycles. The predicted molar refractivity (Wildman–Crippen MR) is 62.8 cm³/mol. The topological polar surface area (TPSA) is 47.9 Å². The number of aliphatic imine (C=N–C) groups is 1. The fraction of sp³-hybridized carbons (Fsp3) is 0.273. The number of carbonyl (C=O) groups excluding carboxylic acids is 1. The van der Waals surface area contributed by atoms with Gasteiger partial charge in [-0.15, -0.1) is 0 Å². The van der Waals surface area contributed by atoms with Gasteiger partial charge in [0.05, 0.1) is 0 Å². The maximum absolute atomic E-state index is 10.8. The van der Waals surface area contributed by atoms with E-state index in [4.69, 9.17) is 9.47 Å². The summed E-state index contributed by atoms with van der Waals surface area (Å²) < 4.78 is 11.2. The van der Waals surface area contributed by atoms with Crippen molar-refractivity contribution in [2.24, 2.45) is 4.99 Å². The first-order valence-corrected chi connectivity index (χ1v) is 5.53. The van der Waals surface area contributed by atoms with Crippen LogP contribution in [0.4, 0.5) is 0 Å². The van der Waals surface area contributed by atoms with Gasteiger partial charge in [-0.3, -0.25) is 4.79 Å². The van der Waals surface area contributed by atoms with Gasteiger partial charge in [-0.05, 0) is 18.2 Å². The lowest BCUT2D eigenvalue weighted by molar-refractivity contribution is -0.0401. The molecule has 1 aliphatic rings. The Morgan fingerprint density at radius 1 is 1.62 bits per heavy atom. The van der Waals surface area contributed by atoms with Gasteiger partial charge in [0.1, 0.15) is 6.54 Å². The molecule has 1 atom stereocenters. The lowest BCUT2D eigenvalue weighted by Gasteiger charge is -2.09. The zero-order valence-corrected chi connectivity index (χ0v) is 10.2. The van der Waals surface area contributed by atoms with Crippen molar-refractivity contribution in [2.45, 2.75) is 6.29 Å². The van der Waals surface area contributed by atoms with Crippen molar-refractivity contribution < 1.29 is 14.3 Å². The van der Waals surface area contributed by atoms with Crippen molar-refractivity contribution in [1.82, 2.24) is 0 Å². The molecule has 0 fully saturated rings. The number of nitrogens with zero attached hydrogens (tertiary/aromatic N) is 1. The van der Waals surface area contributed by atoms with Crippen LogP contribution in [0.1, 0.15) is 15.9 Å². The van der Waals surface area contributed by atoms with E-state index in [1.165, 1.54) is 0 Å². The molecule has 5 heteroatoms. The summed E-state index contributed by atoms with van der Waals surface area (Å²) >= 11 is 3.29. The fourth-order valence-electron chi connectivity index (χ4n) is 1.41. The van der Waals surface area contributed by atoms with E-state index < -0.39 is 0 Å². The van der Waals surface area contributed by atoms with Crippen molar-refractivity contribution in [3.63, 3.8) is 0 Å². The summed E-state index contributed by atoms with van der Waals surface area (Å²) in [5.74, 6) is 0.516. The van der Waals surface area contributed by atoms with Gasteiger partial charge in [-0.2, -0.15) is 0 Å². The van der Waals surface area contributed by atoms with Crippen LogP contribution in [-0.4, -0.2) is 32.1 Å². The van der Waals surface area contributed by atoms with Crippen LogP contribution in [0.25, 0.3) is 0 Å². The van der Waals surface area contributed by atoms with Crippen molar-refractivity contribution in [3.8, 4) is 0 Å². The van der Waals surface area contributed by atoms with Gasteiger partial charge in [0.2, 0.25) is 12.2 Å². The highest BCUT2D eigenvalue weighted by molar-refractivity contribution is 9.10. The van der Waals surface area contributed by atoms with Gasteiger partial charge >= 0.3 is 0 Å². The number of ether oxygens (including phenoxy) is 2. The number of rotatable bonds is 3. The Kier molecular flexibility index (Phi) is 3.36. The van der Waals surface area contributed by atoms with E-state index in [-0.39, 0.29) is 6.29 Å². The first kappa shape index (κ1) is 11.3. The summed E-state index contributed by atoms with van der Waals surface area (Å²) in [4.78, 5) is 15.0. The SMILES string of the molecule is COC1CN=C(c2ccc(Br)c(C=O)c2)O1. The Labute approximate surface area is 101 Å². The van der Waals surface area contributed by atoms with Crippen LogP contribution in [0.15, 0.2) is 27.7 Å². The molecule has 84 valence electrons. The molecule has 0 saturated carbocycles. The van der Waals surface area contributed by atoms with Crippen LogP contribution < -0.4 is 0 Å². The standard InChI is InChI=1S/C11H10BrNO3/c1-15-10-5-13-11(16-10)7-2-3-9(12)8(4-7)6-14/h2-4,6,10H,5H2,1H3. The Morgan fingerprint density at radius 2 is 2.44 bits per heavy atom. The molecular weight excluding hydrogens is 274 g/mol. The summed E-state index contributed by atoms with van der Waals surface area (Å²) in [7, 11) is 1.57. The summed E-state index contributed by atoms with van der Waals surface area (Å²) in [5.41, 5.74) is 1.36. The molecule has 1 unspecified atom stereocenters. The number of methoxy groups -OCH3 is 1. The minimum atomic E-state index is -0.321. The van der Waals surface area contributed by atoms with Crippen molar-refractivity contribution >= 4 is 28.1 Å². The van der Waals surface area contributed by atoms with E-state index in [0.717, 1.165) is 16.3 Å². The molecular formula is C11H10BrNO3. The molecule has 1 aromatic carbocycles. The summed E-state index contributed by atoms with van der Waals surface area (Å²) in [6.45, 7) is 0.484. The van der Waals surface area contributed by atoms with Crippen molar-refractivity contribution in [3.05, 3.63) is 33.8 Å². The van der Waals surface area contributed by atoms with Crippen LogP contribution in [0.2, 0.25) is 0 Å². The van der Waals surface area contributed by atoms with E-state index in [9.17, 15) is 4.79 Å². The largest absolute Gasteiger partial charge is 0.446 e. The molecule has 0 saturated heterocycles. The minimum absolute atomic E-state index is 0.321. The van der Waals surface area contributed by atoms with E-state index in [1.807, 2.05) is 6.07 Å². The maximum atomic E-state index is 10.8. The summed E-state index contributed by atoms with van der Waals surface area (Å²) in [5, 5.41) is 0. The predicted octanol–water partition coefficient (Wildman–Crippen LogP) is 2.01. The van der Waals surface area contributed by atoms with E-state index in [2.05, 4.69) is 20.9 Å². The second-order valence-corrected chi connectivity index (χ2v) is 4.14. The first-order chi connectivity index (χ1) is 7.74. The number of benzene rings is 1. The molecule has 1 aromatic rings. The molecule has 0 amide bonds. The third-order valence-electron chi connectivity index (χ3n) is 2.26. The van der Waals surface area contributed by atoms with Gasteiger partial charge in [0.15, 0.2) is 6.29 Å². The number of hydrogen-bond acceptors (Lipinski definition) is 4. The zero-order valence-electron chi connectivity index (χ0n) is 8.64. The van der Waals surface area contributed by atoms with Crippen molar-refractivity contribution in [2.75, 3.05) is 13.7 Å². The minimum Gasteiger partial charge on any atom is -0.446 e. The quantitative estimate of drug-likeness (QED) is 0.798. The monoisotopic (exact) mass is 283 g/mol. The smallest absolute Gasteiger partial charge is 0.221 e. The van der Waals surface area contributed by atoms with Crippen LogP contribution in [0.5, 0.6) is 0 Å². The van der Waals surface area contributed by atoms with Crippen molar-refractivity contribution in [1.29, 1.82) is 0 Å². The Bertz CT molecular complexity index is 445. The molecule has 2 rings (SSSR count). The molecule has 0 aromatic heterocycles. The molecule has 0 bridgehead atoms. The fourth-order valence-corrected chi connectivity index (χ4v) is 1.75.